The van der Waals surface area contributed by atoms with E-state index in [4.69, 9.17) is 13.6 Å². The van der Waals surface area contributed by atoms with Gasteiger partial charge in [-0.1, -0.05) is 12.8 Å². The molecule has 0 bridgehead atoms. The zero-order valence-corrected chi connectivity index (χ0v) is 31.8. The summed E-state index contributed by atoms with van der Waals surface area (Å²) in [5.41, 5.74) is 2.36. The zero-order chi connectivity index (χ0) is 35.6. The summed E-state index contributed by atoms with van der Waals surface area (Å²) in [6.07, 6.45) is 11.1. The number of nitrogens with zero attached hydrogens (tertiary/aromatic N) is 3. The van der Waals surface area contributed by atoms with Gasteiger partial charge in [0.25, 0.3) is 0 Å². The van der Waals surface area contributed by atoms with Gasteiger partial charge in [0.1, 0.15) is 12.2 Å². The molecule has 0 radical (unpaired) electrons. The lowest BCUT2D eigenvalue weighted by molar-refractivity contribution is 0.0202. The van der Waals surface area contributed by atoms with Crippen LogP contribution in [-0.4, -0.2) is 67.3 Å². The first kappa shape index (κ1) is 37.4. The summed E-state index contributed by atoms with van der Waals surface area (Å²) in [4.78, 5) is 50.0. The fourth-order valence-corrected chi connectivity index (χ4v) is 12.9. The molecular formula is C36H52N6O6Si2. The molecule has 1 aromatic heterocycles. The minimum Gasteiger partial charge on any atom is -0.459 e. The number of esters is 2. The smallest absolute Gasteiger partial charge is 0.338 e. The topological polar surface area (TPSA) is 157 Å². The normalized spacial score (nSPS) is 17.0. The van der Waals surface area contributed by atoms with E-state index >= 15 is 0 Å². The Labute approximate surface area is 297 Å². The maximum absolute atomic E-state index is 12.7. The molecule has 0 saturated heterocycles. The molecule has 0 amide bonds. The van der Waals surface area contributed by atoms with Crippen LogP contribution in [0.1, 0.15) is 91.3 Å². The van der Waals surface area contributed by atoms with Gasteiger partial charge in [-0.3, -0.25) is 0 Å². The molecule has 1 atom stereocenters. The van der Waals surface area contributed by atoms with Gasteiger partial charge in [-0.15, -0.1) is 0 Å². The summed E-state index contributed by atoms with van der Waals surface area (Å²) >= 11 is 0. The van der Waals surface area contributed by atoms with Crippen LogP contribution in [0.15, 0.2) is 48.5 Å². The molecule has 50 heavy (non-hydrogen) atoms. The highest BCUT2D eigenvalue weighted by Crippen LogP contribution is 2.25. The number of benzene rings is 2. The summed E-state index contributed by atoms with van der Waals surface area (Å²) in [5, 5.41) is 9.69. The van der Waals surface area contributed by atoms with Crippen molar-refractivity contribution in [1.29, 1.82) is 0 Å². The van der Waals surface area contributed by atoms with Crippen LogP contribution >= 0.6 is 0 Å². The summed E-state index contributed by atoms with van der Waals surface area (Å²) in [6.45, 7) is 8.59. The molecule has 2 fully saturated rings. The van der Waals surface area contributed by atoms with Crippen molar-refractivity contribution in [3.05, 3.63) is 59.7 Å². The first-order valence-corrected chi connectivity index (χ1v) is 24.0. The Hall–Kier alpha value is -3.86. The molecule has 3 aromatic rings. The van der Waals surface area contributed by atoms with E-state index < -0.39 is 16.9 Å². The van der Waals surface area contributed by atoms with Gasteiger partial charge in [0.15, 0.2) is 8.32 Å². The maximum atomic E-state index is 12.7. The van der Waals surface area contributed by atoms with Crippen LogP contribution in [0.3, 0.4) is 0 Å². The summed E-state index contributed by atoms with van der Waals surface area (Å²) in [7, 11) is -4.63. The van der Waals surface area contributed by atoms with Crippen LogP contribution in [-0.2, 0) is 13.6 Å². The predicted molar refractivity (Wildman–Crippen MR) is 200 cm³/mol. The van der Waals surface area contributed by atoms with Crippen LogP contribution in [0.2, 0.25) is 32.2 Å². The second-order valence-electron chi connectivity index (χ2n) is 14.5. The second-order valence-corrected chi connectivity index (χ2v) is 22.4. The quantitative estimate of drug-likeness (QED) is 0.0681. The van der Waals surface area contributed by atoms with E-state index in [9.17, 15) is 14.4 Å². The molecule has 5 rings (SSSR count). The van der Waals surface area contributed by atoms with Gasteiger partial charge in [-0.2, -0.15) is 15.0 Å². The number of hydrogen-bond acceptors (Lipinski definition) is 12. The standard InChI is InChI=1S/C36H52N6O6Si2/c1-49(2,3)48-50(4,45)25-11-24-37-34-40-35(38-28-20-16-26(17-21-28)32(43)46-30-12-7-5-8-13-30)42-36(41-34)39-29-22-18-27(19-23-29)33(44)47-31-14-9-6-10-15-31/h16-23,30-31,45H,5-15,24-25H2,1-4H3,(H3,37,38,39,40,41,42). The predicted octanol–water partition coefficient (Wildman–Crippen LogP) is 8.06. The third-order valence-corrected chi connectivity index (χ3v) is 14.2. The van der Waals surface area contributed by atoms with Gasteiger partial charge in [0, 0.05) is 17.9 Å². The molecule has 12 nitrogen and oxygen atoms in total. The van der Waals surface area contributed by atoms with Crippen LogP contribution in [0, 0.1) is 0 Å². The molecule has 2 saturated carbocycles. The van der Waals surface area contributed by atoms with E-state index in [-0.39, 0.29) is 24.1 Å². The van der Waals surface area contributed by atoms with E-state index in [2.05, 4.69) is 50.5 Å². The highest BCUT2D eigenvalue weighted by molar-refractivity contribution is 6.81. The molecule has 0 aliphatic heterocycles. The Kier molecular flexibility index (Phi) is 13.0. The third-order valence-electron chi connectivity index (χ3n) is 8.67. The first-order chi connectivity index (χ1) is 23.9. The van der Waals surface area contributed by atoms with Crippen molar-refractivity contribution in [2.24, 2.45) is 0 Å². The number of anilines is 5. The molecule has 14 heteroatoms. The molecule has 2 aliphatic rings. The van der Waals surface area contributed by atoms with E-state index in [1.54, 1.807) is 48.5 Å². The van der Waals surface area contributed by atoms with E-state index in [0.717, 1.165) is 51.4 Å². The molecule has 1 heterocycles. The Balaban J connectivity index is 1.25. The van der Waals surface area contributed by atoms with Crippen molar-refractivity contribution in [3.63, 3.8) is 0 Å². The number of ether oxygens (including phenoxy) is 2. The number of carbonyl (C=O) groups is 2. The van der Waals surface area contributed by atoms with Gasteiger partial charge < -0.3 is 34.3 Å². The number of nitrogens with one attached hydrogen (secondary N) is 3. The Bertz CT molecular complexity index is 1460. The number of hydrogen-bond donors (Lipinski definition) is 4. The number of carbonyl (C=O) groups excluding carboxylic acids is 2. The molecule has 270 valence electrons. The van der Waals surface area contributed by atoms with Gasteiger partial charge in [0.2, 0.25) is 17.8 Å². The van der Waals surface area contributed by atoms with Gasteiger partial charge in [-0.05, 0) is 139 Å². The van der Waals surface area contributed by atoms with Crippen molar-refractivity contribution in [2.45, 2.75) is 115 Å². The highest BCUT2D eigenvalue weighted by Gasteiger charge is 2.32. The molecule has 1 unspecified atom stereocenters. The van der Waals surface area contributed by atoms with Crippen molar-refractivity contribution >= 4 is 58.0 Å². The fourth-order valence-electron chi connectivity index (χ4n) is 6.34. The summed E-state index contributed by atoms with van der Waals surface area (Å²) < 4.78 is 17.5. The lowest BCUT2D eigenvalue weighted by atomic mass is 9.98. The van der Waals surface area contributed by atoms with E-state index in [1.807, 2.05) is 6.55 Å². The van der Waals surface area contributed by atoms with Gasteiger partial charge in [0.05, 0.1) is 11.1 Å². The van der Waals surface area contributed by atoms with Crippen molar-refractivity contribution in [2.75, 3.05) is 22.5 Å². The summed E-state index contributed by atoms with van der Waals surface area (Å²) in [6, 6.07) is 14.7. The lowest BCUT2D eigenvalue weighted by Gasteiger charge is -2.29. The van der Waals surface area contributed by atoms with Gasteiger partial charge >= 0.3 is 20.5 Å². The molecular weight excluding hydrogens is 669 g/mol. The largest absolute Gasteiger partial charge is 0.459 e. The lowest BCUT2D eigenvalue weighted by Crippen LogP contribution is -2.45. The molecule has 2 aromatic carbocycles. The molecule has 0 spiro atoms. The third kappa shape index (κ3) is 12.2. The van der Waals surface area contributed by atoms with Crippen LogP contribution in [0.4, 0.5) is 29.2 Å². The van der Waals surface area contributed by atoms with Crippen LogP contribution in [0.5, 0.6) is 0 Å². The summed E-state index contributed by atoms with van der Waals surface area (Å²) in [5.74, 6) is 0.300. The zero-order valence-electron chi connectivity index (χ0n) is 29.8. The number of rotatable bonds is 15. The average molecular weight is 721 g/mol. The van der Waals surface area contributed by atoms with Crippen LogP contribution < -0.4 is 16.0 Å². The van der Waals surface area contributed by atoms with Crippen molar-refractivity contribution in [3.8, 4) is 0 Å². The Morgan fingerprint density at radius 1 is 0.680 bits per heavy atom. The van der Waals surface area contributed by atoms with Crippen molar-refractivity contribution in [1.82, 2.24) is 15.0 Å². The first-order valence-electron chi connectivity index (χ1n) is 18.0. The van der Waals surface area contributed by atoms with E-state index in [0.29, 0.717) is 59.4 Å². The van der Waals surface area contributed by atoms with Gasteiger partial charge in [-0.25, -0.2) is 9.59 Å². The minimum absolute atomic E-state index is 0.0102. The SMILES string of the molecule is C[Si](C)(C)O[Si](C)(O)CCCNc1nc(Nc2ccc(C(=O)OC3CCCCC3)cc2)nc(Nc2ccc(C(=O)OC3CCCCC3)cc2)n1. The average Bonchev–Trinajstić information content (AvgIpc) is 3.07. The monoisotopic (exact) mass is 720 g/mol. The molecule has 4 N–H and O–H groups in total. The van der Waals surface area contributed by atoms with E-state index in [1.165, 1.54) is 12.8 Å². The molecule has 2 aliphatic carbocycles. The number of aromatic nitrogens is 3. The second kappa shape index (κ2) is 17.4. The van der Waals surface area contributed by atoms with Crippen LogP contribution in [0.25, 0.3) is 0 Å². The minimum atomic E-state index is -2.77. The highest BCUT2D eigenvalue weighted by atomic mass is 28.4. The van der Waals surface area contributed by atoms with Crippen molar-refractivity contribution < 1.29 is 28.0 Å². The maximum Gasteiger partial charge on any atom is 0.338 e. The Morgan fingerprint density at radius 2 is 1.10 bits per heavy atom. The Morgan fingerprint density at radius 3 is 1.52 bits per heavy atom. The fraction of sp³-hybridized carbons (Fsp3) is 0.528.